The summed E-state index contributed by atoms with van der Waals surface area (Å²) in [5.74, 6) is 1.18. The van der Waals surface area contributed by atoms with Crippen molar-refractivity contribution < 1.29 is 4.74 Å². The van der Waals surface area contributed by atoms with Gasteiger partial charge in [0.1, 0.15) is 5.75 Å². The molecule has 0 aliphatic carbocycles. The molecule has 0 amide bonds. The Labute approximate surface area is 126 Å². The van der Waals surface area contributed by atoms with Crippen molar-refractivity contribution in [3.05, 3.63) is 49.0 Å². The molecule has 0 saturated carbocycles. The second kappa shape index (κ2) is 4.96. The van der Waals surface area contributed by atoms with Gasteiger partial charge in [-0.1, -0.05) is 18.2 Å². The van der Waals surface area contributed by atoms with E-state index in [9.17, 15) is 0 Å². The Morgan fingerprint density at radius 2 is 2.11 bits per heavy atom. The molecule has 0 radical (unpaired) electrons. The minimum atomic E-state index is -0.0504. The van der Waals surface area contributed by atoms with Crippen LogP contribution in [0.3, 0.4) is 0 Å². The lowest BCUT2D eigenvalue weighted by Gasteiger charge is -2.17. The first-order valence-corrected chi connectivity index (χ1v) is 7.99. The number of hydrogen-bond donors (Lipinski definition) is 1. The molecule has 3 rings (SSSR count). The fraction of sp³-hybridized carbons (Fsp3) is 0.231. The van der Waals surface area contributed by atoms with Crippen LogP contribution in [-0.2, 0) is 0 Å². The van der Waals surface area contributed by atoms with Gasteiger partial charge in [0.05, 0.1) is 14.2 Å². The van der Waals surface area contributed by atoms with Gasteiger partial charge in [-0.15, -0.1) is 11.3 Å². The van der Waals surface area contributed by atoms with Gasteiger partial charge >= 0.3 is 0 Å². The SMILES string of the molecule is NC(c1cc(Br)sc1Br)C1COc2ccccc21. The van der Waals surface area contributed by atoms with Crippen LogP contribution in [0, 0.1) is 0 Å². The van der Waals surface area contributed by atoms with Gasteiger partial charge in [-0.3, -0.25) is 0 Å². The number of para-hydroxylation sites is 1. The lowest BCUT2D eigenvalue weighted by Crippen LogP contribution is -2.20. The zero-order valence-electron chi connectivity index (χ0n) is 9.40. The Morgan fingerprint density at radius 1 is 1.33 bits per heavy atom. The van der Waals surface area contributed by atoms with Crippen LogP contribution in [0.25, 0.3) is 0 Å². The van der Waals surface area contributed by atoms with Crippen molar-refractivity contribution in [1.82, 2.24) is 0 Å². The Hall–Kier alpha value is -0.360. The van der Waals surface area contributed by atoms with E-state index < -0.39 is 0 Å². The van der Waals surface area contributed by atoms with Crippen molar-refractivity contribution in [3.8, 4) is 5.75 Å². The van der Waals surface area contributed by atoms with Gasteiger partial charge in [0.15, 0.2) is 0 Å². The number of benzene rings is 1. The van der Waals surface area contributed by atoms with Gasteiger partial charge in [0.25, 0.3) is 0 Å². The predicted octanol–water partition coefficient (Wildman–Crippen LogP) is 4.45. The van der Waals surface area contributed by atoms with Crippen LogP contribution in [0.5, 0.6) is 5.75 Å². The van der Waals surface area contributed by atoms with Crippen LogP contribution in [-0.4, -0.2) is 6.61 Å². The molecule has 18 heavy (non-hydrogen) atoms. The van der Waals surface area contributed by atoms with Crippen LogP contribution in [0.4, 0.5) is 0 Å². The van der Waals surface area contributed by atoms with E-state index in [1.54, 1.807) is 11.3 Å². The highest BCUT2D eigenvalue weighted by Crippen LogP contribution is 2.44. The molecule has 5 heteroatoms. The minimum Gasteiger partial charge on any atom is -0.493 e. The summed E-state index contributed by atoms with van der Waals surface area (Å²) in [5.41, 5.74) is 8.75. The first kappa shape index (κ1) is 12.7. The Bertz CT molecular complexity index is 584. The molecule has 1 aliphatic rings. The van der Waals surface area contributed by atoms with Crippen LogP contribution in [0.2, 0.25) is 0 Å². The zero-order valence-corrected chi connectivity index (χ0v) is 13.4. The third-order valence-electron chi connectivity index (χ3n) is 3.21. The molecule has 0 saturated heterocycles. The molecule has 2 N–H and O–H groups in total. The van der Waals surface area contributed by atoms with Crippen molar-refractivity contribution in [2.45, 2.75) is 12.0 Å². The summed E-state index contributed by atoms with van der Waals surface area (Å²) < 4.78 is 7.88. The van der Waals surface area contributed by atoms with Gasteiger partial charge < -0.3 is 10.5 Å². The molecule has 2 aromatic rings. The summed E-state index contributed by atoms with van der Waals surface area (Å²) in [4.78, 5) is 0. The van der Waals surface area contributed by atoms with E-state index in [4.69, 9.17) is 10.5 Å². The average Bonchev–Trinajstić information content (AvgIpc) is 2.92. The summed E-state index contributed by atoms with van der Waals surface area (Å²) in [5, 5.41) is 0. The van der Waals surface area contributed by atoms with E-state index in [-0.39, 0.29) is 12.0 Å². The third-order valence-corrected chi connectivity index (χ3v) is 5.60. The molecule has 1 aromatic carbocycles. The van der Waals surface area contributed by atoms with Crippen molar-refractivity contribution in [2.75, 3.05) is 6.61 Å². The second-order valence-electron chi connectivity index (χ2n) is 4.26. The maximum atomic E-state index is 6.41. The largest absolute Gasteiger partial charge is 0.493 e. The van der Waals surface area contributed by atoms with Crippen LogP contribution in [0.15, 0.2) is 37.9 Å². The van der Waals surface area contributed by atoms with Crippen molar-refractivity contribution in [3.63, 3.8) is 0 Å². The molecule has 0 spiro atoms. The number of hydrogen-bond acceptors (Lipinski definition) is 3. The minimum absolute atomic E-state index is 0.0504. The van der Waals surface area contributed by atoms with E-state index in [0.29, 0.717) is 6.61 Å². The van der Waals surface area contributed by atoms with Crippen LogP contribution < -0.4 is 10.5 Å². The van der Waals surface area contributed by atoms with Crippen molar-refractivity contribution in [1.29, 1.82) is 0 Å². The highest BCUT2D eigenvalue weighted by Gasteiger charge is 2.31. The molecule has 2 unspecified atom stereocenters. The van der Waals surface area contributed by atoms with E-state index >= 15 is 0 Å². The first-order valence-electron chi connectivity index (χ1n) is 5.59. The molecular formula is C13H11Br2NOS. The summed E-state index contributed by atoms with van der Waals surface area (Å²) in [7, 11) is 0. The zero-order chi connectivity index (χ0) is 12.7. The summed E-state index contributed by atoms with van der Waals surface area (Å²) in [6.45, 7) is 0.653. The topological polar surface area (TPSA) is 35.2 Å². The number of ether oxygens (including phenoxy) is 1. The number of fused-ring (bicyclic) bond motifs is 1. The van der Waals surface area contributed by atoms with Gasteiger partial charge in [-0.2, -0.15) is 0 Å². The lowest BCUT2D eigenvalue weighted by molar-refractivity contribution is 0.315. The summed E-state index contributed by atoms with van der Waals surface area (Å²) in [6.07, 6.45) is 0. The average molecular weight is 389 g/mol. The Balaban J connectivity index is 1.95. The highest BCUT2D eigenvalue weighted by molar-refractivity contribution is 9.12. The number of nitrogens with two attached hydrogens (primary N) is 1. The summed E-state index contributed by atoms with van der Waals surface area (Å²) >= 11 is 8.72. The van der Waals surface area contributed by atoms with Crippen molar-refractivity contribution in [2.24, 2.45) is 5.73 Å². The lowest BCUT2D eigenvalue weighted by atomic mass is 9.90. The maximum Gasteiger partial charge on any atom is 0.122 e. The number of rotatable bonds is 2. The standard InChI is InChI=1S/C13H11Br2NOS/c14-11-5-8(13(15)18-11)12(16)9-6-17-10-4-2-1-3-7(9)10/h1-5,9,12H,6,16H2. The molecule has 0 fully saturated rings. The molecule has 0 bridgehead atoms. The fourth-order valence-electron chi connectivity index (χ4n) is 2.28. The normalized spacial score (nSPS) is 19.4. The fourth-order valence-corrected chi connectivity index (χ4v) is 5.24. The molecule has 2 atom stereocenters. The van der Waals surface area contributed by atoms with Crippen LogP contribution in [0.1, 0.15) is 23.1 Å². The quantitative estimate of drug-likeness (QED) is 0.824. The number of halogens is 2. The monoisotopic (exact) mass is 387 g/mol. The molecule has 1 aliphatic heterocycles. The molecule has 1 aromatic heterocycles. The number of thiophene rings is 1. The summed E-state index contributed by atoms with van der Waals surface area (Å²) in [6, 6.07) is 10.2. The van der Waals surface area contributed by atoms with E-state index in [1.165, 1.54) is 5.56 Å². The van der Waals surface area contributed by atoms with E-state index in [0.717, 1.165) is 18.9 Å². The maximum absolute atomic E-state index is 6.41. The molecule has 2 heterocycles. The van der Waals surface area contributed by atoms with Gasteiger partial charge in [-0.25, -0.2) is 0 Å². The first-order chi connectivity index (χ1) is 8.66. The third kappa shape index (κ3) is 2.13. The predicted molar refractivity (Wildman–Crippen MR) is 81.3 cm³/mol. The van der Waals surface area contributed by atoms with Crippen LogP contribution >= 0.6 is 43.2 Å². The molecule has 2 nitrogen and oxygen atoms in total. The molecule has 94 valence electrons. The molecular weight excluding hydrogens is 378 g/mol. The van der Waals surface area contributed by atoms with Gasteiger partial charge in [0, 0.05) is 17.5 Å². The van der Waals surface area contributed by atoms with Crippen molar-refractivity contribution >= 4 is 43.2 Å². The van der Waals surface area contributed by atoms with Gasteiger partial charge in [-0.05, 0) is 49.6 Å². The second-order valence-corrected chi connectivity index (χ2v) is 8.01. The highest BCUT2D eigenvalue weighted by atomic mass is 79.9. The smallest absolute Gasteiger partial charge is 0.122 e. The Kier molecular flexibility index (Phi) is 3.49. The van der Waals surface area contributed by atoms with E-state index in [2.05, 4.69) is 44.0 Å². The van der Waals surface area contributed by atoms with Gasteiger partial charge in [0.2, 0.25) is 0 Å². The Morgan fingerprint density at radius 3 is 2.83 bits per heavy atom. The van der Waals surface area contributed by atoms with E-state index in [1.807, 2.05) is 18.2 Å².